The molecule has 98 valence electrons. The van der Waals surface area contributed by atoms with Crippen LogP contribution in [0.1, 0.15) is 6.42 Å². The molecule has 3 heterocycles. The highest BCUT2D eigenvalue weighted by atomic mass is 32.2. The molecule has 0 spiro atoms. The maximum Gasteiger partial charge on any atom is 0.247 e. The van der Waals surface area contributed by atoms with Crippen molar-refractivity contribution in [3.8, 4) is 0 Å². The zero-order valence-electron chi connectivity index (χ0n) is 9.96. The average molecular weight is 285 g/mol. The maximum absolute atomic E-state index is 5.36. The lowest BCUT2D eigenvalue weighted by Gasteiger charge is -2.25. The van der Waals surface area contributed by atoms with Gasteiger partial charge in [0, 0.05) is 25.4 Å². The van der Waals surface area contributed by atoms with Gasteiger partial charge < -0.3 is 15.0 Å². The Morgan fingerprint density at radius 2 is 2.17 bits per heavy atom. The molecule has 1 aromatic rings. The number of aromatic nitrogens is 3. The van der Waals surface area contributed by atoms with Gasteiger partial charge in [0.05, 0.1) is 13.2 Å². The Morgan fingerprint density at radius 3 is 3.00 bits per heavy atom. The Kier molecular flexibility index (Phi) is 3.67. The second kappa shape index (κ2) is 5.41. The van der Waals surface area contributed by atoms with E-state index in [2.05, 4.69) is 20.3 Å². The second-order valence-corrected chi connectivity index (χ2v) is 5.87. The number of hydrogen-bond acceptors (Lipinski definition) is 7. The van der Waals surface area contributed by atoms with Gasteiger partial charge in [0.15, 0.2) is 4.32 Å². The number of thiocarbonyl (C=S) groups is 1. The number of rotatable bonds is 1. The molecular weight excluding hydrogens is 270 g/mol. The topological polar surface area (TPSA) is 55.2 Å². The lowest BCUT2D eigenvalue weighted by atomic mass is 10.4. The first-order chi connectivity index (χ1) is 8.84. The molecule has 0 unspecified atom stereocenters. The van der Waals surface area contributed by atoms with Crippen molar-refractivity contribution in [3.63, 3.8) is 0 Å². The first-order valence-corrected chi connectivity index (χ1v) is 7.45. The van der Waals surface area contributed by atoms with Gasteiger partial charge in [-0.15, -0.1) is 5.10 Å². The van der Waals surface area contributed by atoms with E-state index in [4.69, 9.17) is 17.0 Å². The summed E-state index contributed by atoms with van der Waals surface area (Å²) in [5.74, 6) is 2.53. The van der Waals surface area contributed by atoms with Gasteiger partial charge in [-0.05, 0) is 6.42 Å². The smallest absolute Gasteiger partial charge is 0.247 e. The SMILES string of the molecule is S=C1SCCCNc2nc(N3CCOCC3)nn21. The molecule has 2 aliphatic rings. The summed E-state index contributed by atoms with van der Waals surface area (Å²) in [6.45, 7) is 4.05. The van der Waals surface area contributed by atoms with Crippen LogP contribution in [0.2, 0.25) is 0 Å². The van der Waals surface area contributed by atoms with Crippen molar-refractivity contribution in [2.75, 3.05) is 48.8 Å². The molecule has 0 amide bonds. The molecule has 6 nitrogen and oxygen atoms in total. The second-order valence-electron chi connectivity index (χ2n) is 4.14. The van der Waals surface area contributed by atoms with Crippen molar-refractivity contribution >= 4 is 40.2 Å². The van der Waals surface area contributed by atoms with Crippen LogP contribution >= 0.6 is 24.0 Å². The molecule has 0 aliphatic carbocycles. The molecule has 8 heteroatoms. The average Bonchev–Trinajstić information content (AvgIpc) is 2.81. The Morgan fingerprint density at radius 1 is 1.33 bits per heavy atom. The highest BCUT2D eigenvalue weighted by molar-refractivity contribution is 8.23. The van der Waals surface area contributed by atoms with E-state index in [0.29, 0.717) is 0 Å². The normalized spacial score (nSPS) is 20.9. The largest absolute Gasteiger partial charge is 0.378 e. The number of anilines is 2. The summed E-state index contributed by atoms with van der Waals surface area (Å²) < 4.78 is 7.84. The van der Waals surface area contributed by atoms with Crippen LogP contribution in [0.25, 0.3) is 0 Å². The number of hydrogen-bond donors (Lipinski definition) is 1. The summed E-state index contributed by atoms with van der Waals surface area (Å²) in [6.07, 6.45) is 1.09. The highest BCUT2D eigenvalue weighted by Crippen LogP contribution is 2.20. The molecule has 1 aromatic heterocycles. The number of ether oxygens (including phenoxy) is 1. The Bertz CT molecular complexity index is 443. The minimum atomic E-state index is 0.733. The number of nitrogens with zero attached hydrogens (tertiary/aromatic N) is 4. The molecule has 18 heavy (non-hydrogen) atoms. The van der Waals surface area contributed by atoms with Gasteiger partial charge in [-0.25, -0.2) is 0 Å². The Hall–Kier alpha value is -0.860. The maximum atomic E-state index is 5.36. The number of morpholine rings is 1. The quantitative estimate of drug-likeness (QED) is 0.766. The van der Waals surface area contributed by atoms with Crippen molar-refractivity contribution in [2.45, 2.75) is 6.42 Å². The fourth-order valence-corrected chi connectivity index (χ4v) is 3.02. The third kappa shape index (κ3) is 2.45. The first kappa shape index (κ1) is 12.2. The summed E-state index contributed by atoms with van der Waals surface area (Å²) >= 11 is 7.03. The van der Waals surface area contributed by atoms with Crippen LogP contribution in [0.3, 0.4) is 0 Å². The van der Waals surface area contributed by atoms with Crippen molar-refractivity contribution in [1.29, 1.82) is 0 Å². The van der Waals surface area contributed by atoms with Crippen LogP contribution < -0.4 is 10.2 Å². The standard InChI is InChI=1S/C10H15N5OS2/c17-10-15-8(11-2-1-7-18-10)12-9(13-15)14-3-5-16-6-4-14/h1-7H2,(H,11,12,13). The molecule has 1 fully saturated rings. The Balaban J connectivity index is 1.86. The molecule has 0 radical (unpaired) electrons. The van der Waals surface area contributed by atoms with Gasteiger partial charge in [0.25, 0.3) is 0 Å². The lowest BCUT2D eigenvalue weighted by molar-refractivity contribution is 0.122. The minimum absolute atomic E-state index is 0.733. The molecule has 1 saturated heterocycles. The van der Waals surface area contributed by atoms with Gasteiger partial charge >= 0.3 is 0 Å². The van der Waals surface area contributed by atoms with E-state index >= 15 is 0 Å². The molecular formula is C10H15N5OS2. The summed E-state index contributed by atoms with van der Waals surface area (Å²) in [5, 5.41) is 7.79. The van der Waals surface area contributed by atoms with Crippen LogP contribution in [0.4, 0.5) is 11.9 Å². The van der Waals surface area contributed by atoms with Crippen molar-refractivity contribution in [1.82, 2.24) is 14.8 Å². The molecule has 0 bridgehead atoms. The first-order valence-electron chi connectivity index (χ1n) is 6.05. The van der Waals surface area contributed by atoms with Crippen LogP contribution in [0.15, 0.2) is 0 Å². The number of nitrogens with one attached hydrogen (secondary N) is 1. The van der Waals surface area contributed by atoms with Gasteiger partial charge in [-0.1, -0.05) is 24.0 Å². The van der Waals surface area contributed by atoms with Gasteiger partial charge in [-0.3, -0.25) is 0 Å². The van der Waals surface area contributed by atoms with Crippen molar-refractivity contribution in [2.24, 2.45) is 0 Å². The molecule has 0 saturated carbocycles. The molecule has 3 rings (SSSR count). The molecule has 0 aromatic carbocycles. The van der Waals surface area contributed by atoms with Crippen LogP contribution in [0, 0.1) is 0 Å². The zero-order valence-corrected chi connectivity index (χ0v) is 11.6. The number of fused-ring (bicyclic) bond motifs is 1. The lowest BCUT2D eigenvalue weighted by Crippen LogP contribution is -2.37. The van der Waals surface area contributed by atoms with E-state index < -0.39 is 0 Å². The van der Waals surface area contributed by atoms with E-state index in [0.717, 1.165) is 61.2 Å². The van der Waals surface area contributed by atoms with Gasteiger partial charge in [-0.2, -0.15) is 9.67 Å². The van der Waals surface area contributed by atoms with E-state index in [1.807, 2.05) is 0 Å². The molecule has 1 N–H and O–H groups in total. The predicted molar refractivity (Wildman–Crippen MR) is 76.6 cm³/mol. The number of thioether (sulfide) groups is 1. The van der Waals surface area contributed by atoms with Crippen LogP contribution in [-0.2, 0) is 4.74 Å². The van der Waals surface area contributed by atoms with Gasteiger partial charge in [0.2, 0.25) is 11.9 Å². The summed E-state index contributed by atoms with van der Waals surface area (Å²) in [5.41, 5.74) is 0. The minimum Gasteiger partial charge on any atom is -0.378 e. The summed E-state index contributed by atoms with van der Waals surface area (Å²) in [6, 6.07) is 0. The summed E-state index contributed by atoms with van der Waals surface area (Å²) in [4.78, 5) is 6.67. The molecule has 0 atom stereocenters. The molecule has 2 aliphatic heterocycles. The van der Waals surface area contributed by atoms with Crippen molar-refractivity contribution in [3.05, 3.63) is 0 Å². The highest BCUT2D eigenvalue weighted by Gasteiger charge is 2.20. The predicted octanol–water partition coefficient (Wildman–Crippen LogP) is 0.796. The van der Waals surface area contributed by atoms with E-state index in [9.17, 15) is 0 Å². The Labute approximate surface area is 115 Å². The fraction of sp³-hybridized carbons (Fsp3) is 0.700. The van der Waals surface area contributed by atoms with Gasteiger partial charge in [0.1, 0.15) is 0 Å². The van der Waals surface area contributed by atoms with E-state index in [-0.39, 0.29) is 0 Å². The summed E-state index contributed by atoms with van der Waals surface area (Å²) in [7, 11) is 0. The monoisotopic (exact) mass is 285 g/mol. The van der Waals surface area contributed by atoms with Crippen LogP contribution in [-0.4, -0.2) is 57.7 Å². The fourth-order valence-electron chi connectivity index (χ4n) is 1.93. The zero-order chi connectivity index (χ0) is 12.4. The van der Waals surface area contributed by atoms with E-state index in [1.54, 1.807) is 16.4 Å². The van der Waals surface area contributed by atoms with Crippen LogP contribution in [0.5, 0.6) is 0 Å². The van der Waals surface area contributed by atoms with Crippen molar-refractivity contribution < 1.29 is 4.74 Å². The third-order valence-corrected chi connectivity index (χ3v) is 4.33. The van der Waals surface area contributed by atoms with E-state index in [1.165, 1.54) is 0 Å². The third-order valence-electron chi connectivity index (χ3n) is 2.89.